The van der Waals surface area contributed by atoms with Crippen LogP contribution in [0.15, 0.2) is 206 Å². The molecule has 0 spiro atoms. The van der Waals surface area contributed by atoms with Crippen LogP contribution in [0.5, 0.6) is 0 Å². The Morgan fingerprint density at radius 1 is 0.375 bits per heavy atom. The normalized spacial score (nSPS) is 12.8. The highest BCUT2D eigenvalue weighted by Crippen LogP contribution is 2.58. The Balaban J connectivity index is 1.07. The second-order valence-corrected chi connectivity index (χ2v) is 15.5. The molecule has 2 heterocycles. The summed E-state index contributed by atoms with van der Waals surface area (Å²) < 4.78 is 2.52. The van der Waals surface area contributed by atoms with Crippen molar-refractivity contribution in [1.82, 2.24) is 9.97 Å². The molecule has 262 valence electrons. The predicted octanol–water partition coefficient (Wildman–Crippen LogP) is 13.9. The van der Waals surface area contributed by atoms with E-state index in [-0.39, 0.29) is 0 Å². The van der Waals surface area contributed by atoms with Gasteiger partial charge in [-0.15, -0.1) is 11.3 Å². The maximum absolute atomic E-state index is 5.20. The molecule has 0 radical (unpaired) electrons. The lowest BCUT2D eigenvalue weighted by Crippen LogP contribution is -2.28. The zero-order valence-electron chi connectivity index (χ0n) is 30.4. The van der Waals surface area contributed by atoms with Gasteiger partial charge in [0.25, 0.3) is 0 Å². The second kappa shape index (κ2) is 13.1. The third-order valence-electron chi connectivity index (χ3n) is 11.4. The quantitative estimate of drug-likeness (QED) is 0.170. The van der Waals surface area contributed by atoms with E-state index in [1.807, 2.05) is 29.5 Å². The average molecular weight is 731 g/mol. The van der Waals surface area contributed by atoms with Gasteiger partial charge in [0.1, 0.15) is 0 Å². The van der Waals surface area contributed by atoms with Crippen LogP contribution in [0.25, 0.3) is 76.3 Å². The summed E-state index contributed by atoms with van der Waals surface area (Å²) in [6.45, 7) is 0. The lowest BCUT2D eigenvalue weighted by molar-refractivity contribution is 0.768. The van der Waals surface area contributed by atoms with Crippen molar-refractivity contribution in [1.29, 1.82) is 0 Å². The molecule has 0 aliphatic heterocycles. The minimum Gasteiger partial charge on any atom is -0.228 e. The first kappa shape index (κ1) is 32.5. The fraction of sp³-hybridized carbons (Fsp3) is 0.0189. The van der Waals surface area contributed by atoms with Gasteiger partial charge in [-0.2, -0.15) is 0 Å². The minimum atomic E-state index is -0.438. The molecule has 56 heavy (non-hydrogen) atoms. The Hall–Kier alpha value is -6.94. The highest BCUT2D eigenvalue weighted by Gasteiger charge is 2.46. The van der Waals surface area contributed by atoms with Crippen LogP contribution in [0, 0.1) is 0 Å². The molecule has 2 nitrogen and oxygen atoms in total. The molecule has 1 aliphatic carbocycles. The van der Waals surface area contributed by atoms with Gasteiger partial charge in [-0.25, -0.2) is 9.97 Å². The van der Waals surface area contributed by atoms with Crippen LogP contribution in [0.2, 0.25) is 0 Å². The van der Waals surface area contributed by atoms with Crippen LogP contribution >= 0.6 is 11.3 Å². The fourth-order valence-corrected chi connectivity index (χ4v) is 10.2. The van der Waals surface area contributed by atoms with E-state index in [2.05, 4.69) is 188 Å². The number of hydrogen-bond donors (Lipinski definition) is 0. The zero-order valence-corrected chi connectivity index (χ0v) is 31.2. The Labute approximate surface area is 330 Å². The number of fused-ring (bicyclic) bond motifs is 6. The van der Waals surface area contributed by atoms with Crippen molar-refractivity contribution in [2.24, 2.45) is 0 Å². The summed E-state index contributed by atoms with van der Waals surface area (Å²) in [6, 6.07) is 74.4. The van der Waals surface area contributed by atoms with Gasteiger partial charge in [-0.05, 0) is 56.6 Å². The fourth-order valence-electron chi connectivity index (χ4n) is 8.95. The second-order valence-electron chi connectivity index (χ2n) is 14.4. The Bertz CT molecular complexity index is 3020. The molecule has 0 saturated carbocycles. The molecular formula is C53H34N2S. The average Bonchev–Trinajstić information content (AvgIpc) is 3.82. The van der Waals surface area contributed by atoms with Gasteiger partial charge in [-0.3, -0.25) is 0 Å². The van der Waals surface area contributed by atoms with Crippen molar-refractivity contribution in [2.45, 2.75) is 5.41 Å². The molecule has 0 saturated heterocycles. The van der Waals surface area contributed by atoms with E-state index in [1.54, 1.807) is 0 Å². The van der Waals surface area contributed by atoms with E-state index < -0.39 is 5.41 Å². The van der Waals surface area contributed by atoms with Gasteiger partial charge in [0.2, 0.25) is 0 Å². The summed E-state index contributed by atoms with van der Waals surface area (Å²) in [6.07, 6.45) is 0. The van der Waals surface area contributed by atoms with Crippen molar-refractivity contribution in [3.63, 3.8) is 0 Å². The number of thiophene rings is 1. The lowest BCUT2D eigenvalue weighted by atomic mass is 9.67. The first-order valence-corrected chi connectivity index (χ1v) is 19.9. The van der Waals surface area contributed by atoms with Crippen LogP contribution in [0.1, 0.15) is 22.3 Å². The summed E-state index contributed by atoms with van der Waals surface area (Å²) in [5, 5.41) is 2.54. The molecule has 0 fully saturated rings. The molecule has 1 aliphatic rings. The SMILES string of the molecule is c1ccc(-c2nc(-c3ccc(-c4cccc5c4-c4ccccc4C5(c4ccccc4)c4ccccc4)cc3)cc(-c3cccc4c3sc3ccccc34)n2)cc1. The molecule has 2 aromatic heterocycles. The van der Waals surface area contributed by atoms with Crippen molar-refractivity contribution >= 4 is 31.5 Å². The monoisotopic (exact) mass is 730 g/mol. The summed E-state index contributed by atoms with van der Waals surface area (Å²) in [5.41, 5.74) is 14.7. The van der Waals surface area contributed by atoms with Gasteiger partial charge >= 0.3 is 0 Å². The maximum Gasteiger partial charge on any atom is 0.160 e. The topological polar surface area (TPSA) is 25.8 Å². The van der Waals surface area contributed by atoms with Gasteiger partial charge in [0.05, 0.1) is 16.8 Å². The molecule has 11 rings (SSSR count). The van der Waals surface area contributed by atoms with Crippen molar-refractivity contribution in [2.75, 3.05) is 0 Å². The van der Waals surface area contributed by atoms with E-state index in [0.29, 0.717) is 0 Å². The molecule has 10 aromatic rings. The Kier molecular flexibility index (Phi) is 7.61. The lowest BCUT2D eigenvalue weighted by Gasteiger charge is -2.34. The summed E-state index contributed by atoms with van der Waals surface area (Å²) in [7, 11) is 0. The van der Waals surface area contributed by atoms with Gasteiger partial charge < -0.3 is 0 Å². The predicted molar refractivity (Wildman–Crippen MR) is 234 cm³/mol. The Morgan fingerprint density at radius 2 is 0.929 bits per heavy atom. The molecular weight excluding hydrogens is 697 g/mol. The number of nitrogens with zero attached hydrogens (tertiary/aromatic N) is 2. The first-order chi connectivity index (χ1) is 27.8. The third-order valence-corrected chi connectivity index (χ3v) is 12.6. The smallest absolute Gasteiger partial charge is 0.160 e. The van der Waals surface area contributed by atoms with Gasteiger partial charge in [-0.1, -0.05) is 194 Å². The van der Waals surface area contributed by atoms with Gasteiger partial charge in [0.15, 0.2) is 5.82 Å². The van der Waals surface area contributed by atoms with Crippen molar-refractivity contribution in [3.8, 4) is 56.2 Å². The first-order valence-electron chi connectivity index (χ1n) is 19.1. The molecule has 0 amide bonds. The van der Waals surface area contributed by atoms with Crippen molar-refractivity contribution < 1.29 is 0 Å². The van der Waals surface area contributed by atoms with Gasteiger partial charge in [0, 0.05) is 36.9 Å². The molecule has 8 aromatic carbocycles. The number of rotatable bonds is 6. The largest absolute Gasteiger partial charge is 0.228 e. The standard InChI is InChI=1S/C53H34N2S/c1-4-16-37(17-5-1)52-54-47(34-48(55-52)44-26-14-25-42-41-22-11-13-29-49(41)56-51(42)44)36-32-30-35(31-33-36)40-24-15-28-46-50(40)43-23-10-12-27-45(43)53(46,38-18-6-2-7-19-38)39-20-8-3-9-21-39/h1-34H. The summed E-state index contributed by atoms with van der Waals surface area (Å²) >= 11 is 1.83. The summed E-state index contributed by atoms with van der Waals surface area (Å²) in [4.78, 5) is 10.4. The number of hydrogen-bond acceptors (Lipinski definition) is 3. The van der Waals surface area contributed by atoms with Crippen LogP contribution in [-0.4, -0.2) is 9.97 Å². The van der Waals surface area contributed by atoms with Crippen LogP contribution < -0.4 is 0 Å². The van der Waals surface area contributed by atoms with E-state index in [4.69, 9.17) is 9.97 Å². The molecule has 3 heteroatoms. The van der Waals surface area contributed by atoms with E-state index in [9.17, 15) is 0 Å². The zero-order chi connectivity index (χ0) is 37.1. The van der Waals surface area contributed by atoms with Crippen LogP contribution in [0.3, 0.4) is 0 Å². The number of aromatic nitrogens is 2. The highest BCUT2D eigenvalue weighted by atomic mass is 32.1. The molecule has 0 N–H and O–H groups in total. The van der Waals surface area contributed by atoms with Crippen LogP contribution in [-0.2, 0) is 5.41 Å². The molecule has 0 unspecified atom stereocenters. The van der Waals surface area contributed by atoms with Crippen molar-refractivity contribution in [3.05, 3.63) is 229 Å². The van der Waals surface area contributed by atoms with E-state index in [0.717, 1.165) is 33.9 Å². The van der Waals surface area contributed by atoms with Crippen LogP contribution in [0.4, 0.5) is 0 Å². The maximum atomic E-state index is 5.20. The molecule has 0 atom stereocenters. The molecule has 0 bridgehead atoms. The van der Waals surface area contributed by atoms with E-state index in [1.165, 1.54) is 64.7 Å². The third kappa shape index (κ3) is 5.02. The Morgan fingerprint density at radius 3 is 1.70 bits per heavy atom. The summed E-state index contributed by atoms with van der Waals surface area (Å²) in [5.74, 6) is 0.718. The minimum absolute atomic E-state index is 0.438. The highest BCUT2D eigenvalue weighted by molar-refractivity contribution is 7.26. The van der Waals surface area contributed by atoms with E-state index >= 15 is 0 Å². The number of benzene rings is 8.